The second kappa shape index (κ2) is 8.35. The highest BCUT2D eigenvalue weighted by Crippen LogP contribution is 2.45. The van der Waals surface area contributed by atoms with E-state index >= 15 is 0 Å². The summed E-state index contributed by atoms with van der Waals surface area (Å²) >= 11 is 1.30. The fraction of sp³-hybridized carbons (Fsp3) is 0.107. The third-order valence-corrected chi connectivity index (χ3v) is 7.45. The van der Waals surface area contributed by atoms with Crippen molar-refractivity contribution < 1.29 is 19.4 Å². The monoisotopic (exact) mass is 495 g/mol. The van der Waals surface area contributed by atoms with E-state index in [4.69, 9.17) is 4.74 Å². The Kier molecular flexibility index (Phi) is 5.12. The van der Waals surface area contributed by atoms with E-state index in [0.29, 0.717) is 27.5 Å². The van der Waals surface area contributed by atoms with Crippen LogP contribution in [0.3, 0.4) is 0 Å². The maximum absolute atomic E-state index is 13.5. The summed E-state index contributed by atoms with van der Waals surface area (Å²) in [4.78, 5) is 36.2. The van der Waals surface area contributed by atoms with Gasteiger partial charge < -0.3 is 14.8 Å². The molecule has 7 nitrogen and oxygen atoms in total. The number of carbonyl (C=O) groups excluding carboxylic acids is 2. The van der Waals surface area contributed by atoms with Gasteiger partial charge in [0.15, 0.2) is 5.13 Å². The van der Waals surface area contributed by atoms with Crippen molar-refractivity contribution >= 4 is 55.0 Å². The highest BCUT2D eigenvalue weighted by Gasteiger charge is 2.48. The van der Waals surface area contributed by atoms with E-state index in [9.17, 15) is 14.7 Å². The summed E-state index contributed by atoms with van der Waals surface area (Å²) in [5.74, 6) is -1.02. The number of nitrogens with zero attached hydrogens (tertiary/aromatic N) is 2. The van der Waals surface area contributed by atoms with Gasteiger partial charge in [0.1, 0.15) is 11.5 Å². The van der Waals surface area contributed by atoms with E-state index in [1.807, 2.05) is 67.6 Å². The van der Waals surface area contributed by atoms with Crippen molar-refractivity contribution in [2.75, 3.05) is 12.0 Å². The number of thiazole rings is 1. The number of para-hydroxylation sites is 1. The number of hydrogen-bond acceptors (Lipinski definition) is 6. The van der Waals surface area contributed by atoms with Gasteiger partial charge in [0.05, 0.1) is 28.9 Å². The molecule has 1 fully saturated rings. The van der Waals surface area contributed by atoms with Crippen molar-refractivity contribution in [3.8, 4) is 5.75 Å². The van der Waals surface area contributed by atoms with Gasteiger partial charge in [0, 0.05) is 22.7 Å². The van der Waals surface area contributed by atoms with Gasteiger partial charge in [-0.3, -0.25) is 14.5 Å². The molecule has 8 heteroatoms. The lowest BCUT2D eigenvalue weighted by Gasteiger charge is -2.23. The highest BCUT2D eigenvalue weighted by molar-refractivity contribution is 7.22. The Morgan fingerprint density at radius 1 is 1.08 bits per heavy atom. The van der Waals surface area contributed by atoms with E-state index in [1.54, 1.807) is 19.4 Å². The first-order valence-corrected chi connectivity index (χ1v) is 12.2. The molecule has 6 rings (SSSR count). The van der Waals surface area contributed by atoms with E-state index < -0.39 is 17.7 Å². The molecule has 1 aliphatic heterocycles. The summed E-state index contributed by atoms with van der Waals surface area (Å²) in [6, 6.07) is 19.7. The molecule has 2 aromatic heterocycles. The molecule has 0 bridgehead atoms. The number of benzene rings is 3. The fourth-order valence-corrected chi connectivity index (χ4v) is 5.74. The number of aromatic nitrogens is 2. The molecule has 0 spiro atoms. The van der Waals surface area contributed by atoms with Gasteiger partial charge in [-0.2, -0.15) is 0 Å². The molecule has 1 unspecified atom stereocenters. The van der Waals surface area contributed by atoms with Crippen LogP contribution in [0.1, 0.15) is 22.7 Å². The minimum Gasteiger partial charge on any atom is -0.507 e. The summed E-state index contributed by atoms with van der Waals surface area (Å²) < 4.78 is 6.15. The molecule has 1 aliphatic rings. The Hall–Kier alpha value is -4.43. The average Bonchev–Trinajstić information content (AvgIpc) is 3.57. The number of Topliss-reactive ketones (excluding diaryl/α,β-unsaturated/α-hetero) is 1. The molecule has 1 atom stereocenters. The van der Waals surface area contributed by atoms with Crippen molar-refractivity contribution in [1.82, 2.24) is 9.97 Å². The number of fused-ring (bicyclic) bond motifs is 2. The summed E-state index contributed by atoms with van der Waals surface area (Å²) in [6.07, 6.45) is 1.66. The smallest absolute Gasteiger partial charge is 0.301 e. The highest BCUT2D eigenvalue weighted by atomic mass is 32.1. The van der Waals surface area contributed by atoms with Crippen LogP contribution in [0.5, 0.6) is 5.75 Å². The first kappa shape index (κ1) is 22.1. The van der Waals surface area contributed by atoms with Crippen LogP contribution in [0.4, 0.5) is 5.13 Å². The van der Waals surface area contributed by atoms with Crippen molar-refractivity contribution in [2.24, 2.45) is 0 Å². The first-order valence-electron chi connectivity index (χ1n) is 11.3. The summed E-state index contributed by atoms with van der Waals surface area (Å²) in [7, 11) is 1.59. The van der Waals surface area contributed by atoms with E-state index in [-0.39, 0.29) is 11.3 Å². The zero-order valence-electron chi connectivity index (χ0n) is 19.5. The lowest BCUT2D eigenvalue weighted by Crippen LogP contribution is -2.29. The van der Waals surface area contributed by atoms with Crippen LogP contribution in [-0.4, -0.2) is 33.9 Å². The van der Waals surface area contributed by atoms with Gasteiger partial charge in [-0.25, -0.2) is 4.98 Å². The summed E-state index contributed by atoms with van der Waals surface area (Å²) in [5.41, 5.74) is 3.70. The molecule has 36 heavy (non-hydrogen) atoms. The number of ketones is 1. The predicted octanol–water partition coefficient (Wildman–Crippen LogP) is 5.72. The number of hydrogen-bond donors (Lipinski definition) is 2. The number of aliphatic hydroxyl groups is 1. The molecule has 0 radical (unpaired) electrons. The van der Waals surface area contributed by atoms with E-state index in [0.717, 1.165) is 21.2 Å². The standard InChI is InChI=1S/C28H21N3O4S/c1-15-6-5-7-16(12-15)24-23(25(32)19-14-29-20-9-4-3-8-18(19)20)26(33)27(34)31(24)28-30-21-11-10-17(35-2)13-22(21)36-28/h3-14,24,29,32H,1-2H3/b25-23+. The predicted molar refractivity (Wildman–Crippen MR) is 140 cm³/mol. The molecular formula is C28H21N3O4S. The zero-order chi connectivity index (χ0) is 25.0. The Bertz CT molecular complexity index is 1710. The second-order valence-electron chi connectivity index (χ2n) is 8.66. The number of amides is 1. The minimum absolute atomic E-state index is 0.0344. The maximum Gasteiger partial charge on any atom is 0.301 e. The lowest BCUT2D eigenvalue weighted by atomic mass is 9.94. The SMILES string of the molecule is COc1ccc2nc(N3C(=O)C(=O)/C(=C(/O)c4c[nH]c5ccccc45)C3c3cccc(C)c3)sc2c1. The number of aliphatic hydroxyl groups excluding tert-OH is 1. The van der Waals surface area contributed by atoms with Gasteiger partial charge in [0.2, 0.25) is 0 Å². The van der Waals surface area contributed by atoms with E-state index in [1.165, 1.54) is 16.2 Å². The van der Waals surface area contributed by atoms with Crippen LogP contribution in [0.2, 0.25) is 0 Å². The minimum atomic E-state index is -0.832. The summed E-state index contributed by atoms with van der Waals surface area (Å²) in [5, 5.41) is 12.6. The van der Waals surface area contributed by atoms with Crippen LogP contribution in [-0.2, 0) is 9.59 Å². The molecule has 1 amide bonds. The number of carbonyl (C=O) groups is 2. The number of H-pyrrole nitrogens is 1. The number of methoxy groups -OCH3 is 1. The van der Waals surface area contributed by atoms with Crippen molar-refractivity contribution in [2.45, 2.75) is 13.0 Å². The van der Waals surface area contributed by atoms with Crippen molar-refractivity contribution in [3.05, 3.63) is 95.2 Å². The van der Waals surface area contributed by atoms with Crippen molar-refractivity contribution in [1.29, 1.82) is 0 Å². The van der Waals surface area contributed by atoms with Gasteiger partial charge >= 0.3 is 5.91 Å². The summed E-state index contributed by atoms with van der Waals surface area (Å²) in [6.45, 7) is 1.94. The quantitative estimate of drug-likeness (QED) is 0.189. The Morgan fingerprint density at radius 2 is 1.92 bits per heavy atom. The Labute approximate surface area is 210 Å². The van der Waals surface area contributed by atoms with Gasteiger partial charge in [0.25, 0.3) is 5.78 Å². The van der Waals surface area contributed by atoms with Crippen LogP contribution in [0.25, 0.3) is 26.9 Å². The van der Waals surface area contributed by atoms with Crippen LogP contribution in [0, 0.1) is 6.92 Å². The molecule has 3 aromatic carbocycles. The molecular weight excluding hydrogens is 474 g/mol. The topological polar surface area (TPSA) is 95.5 Å². The molecule has 3 heterocycles. The third kappa shape index (κ3) is 3.37. The molecule has 1 saturated heterocycles. The molecule has 0 aliphatic carbocycles. The van der Waals surface area contributed by atoms with Gasteiger partial charge in [-0.15, -0.1) is 0 Å². The van der Waals surface area contributed by atoms with Crippen LogP contribution >= 0.6 is 11.3 Å². The fourth-order valence-electron chi connectivity index (χ4n) is 4.72. The zero-order valence-corrected chi connectivity index (χ0v) is 20.3. The number of anilines is 1. The normalized spacial score (nSPS) is 17.4. The number of aryl methyl sites for hydroxylation is 1. The lowest BCUT2D eigenvalue weighted by molar-refractivity contribution is -0.132. The molecule has 0 saturated carbocycles. The van der Waals surface area contributed by atoms with Gasteiger partial charge in [-0.1, -0.05) is 59.4 Å². The van der Waals surface area contributed by atoms with Crippen LogP contribution < -0.4 is 9.64 Å². The Morgan fingerprint density at radius 3 is 2.72 bits per heavy atom. The Balaban J connectivity index is 1.58. The first-order chi connectivity index (χ1) is 17.5. The molecule has 5 aromatic rings. The largest absolute Gasteiger partial charge is 0.507 e. The average molecular weight is 496 g/mol. The molecule has 178 valence electrons. The number of rotatable bonds is 4. The van der Waals surface area contributed by atoms with Crippen molar-refractivity contribution in [3.63, 3.8) is 0 Å². The van der Waals surface area contributed by atoms with Crippen LogP contribution in [0.15, 0.2) is 78.5 Å². The second-order valence-corrected chi connectivity index (χ2v) is 9.67. The molecule has 2 N–H and O–H groups in total. The third-order valence-electron chi connectivity index (χ3n) is 6.44. The number of nitrogens with one attached hydrogen (secondary N) is 1. The maximum atomic E-state index is 13.5. The van der Waals surface area contributed by atoms with E-state index in [2.05, 4.69) is 9.97 Å². The van der Waals surface area contributed by atoms with Gasteiger partial charge in [-0.05, 0) is 36.8 Å². The number of ether oxygens (including phenoxy) is 1. The number of aromatic amines is 1.